The lowest BCUT2D eigenvalue weighted by atomic mass is 10.0. The van der Waals surface area contributed by atoms with E-state index in [0.29, 0.717) is 19.6 Å². The normalized spacial score (nSPS) is 12.3. The van der Waals surface area contributed by atoms with Gasteiger partial charge < -0.3 is 14.6 Å². The molecule has 1 atom stereocenters. The summed E-state index contributed by atoms with van der Waals surface area (Å²) in [5.41, 5.74) is 0. The molecule has 1 N–H and O–H groups in total. The summed E-state index contributed by atoms with van der Waals surface area (Å²) in [6, 6.07) is 0. The summed E-state index contributed by atoms with van der Waals surface area (Å²) in [6.07, 6.45) is 58.7. The fraction of sp³-hybridized carbons (Fsp3) is 0.940. The first kappa shape index (κ1) is 53.1. The molecule has 0 aliphatic rings. The summed E-state index contributed by atoms with van der Waals surface area (Å²) >= 11 is 0. The van der Waals surface area contributed by atoms with Gasteiger partial charge in [0, 0.05) is 13.0 Å². The van der Waals surface area contributed by atoms with Crippen molar-refractivity contribution in [3.05, 3.63) is 12.2 Å². The van der Waals surface area contributed by atoms with E-state index < -0.39 is 6.10 Å². The molecule has 0 aliphatic heterocycles. The van der Waals surface area contributed by atoms with Crippen LogP contribution in [0.25, 0.3) is 0 Å². The lowest BCUT2D eigenvalue weighted by Gasteiger charge is -2.16. The number of aliphatic hydroxyl groups is 1. The van der Waals surface area contributed by atoms with Gasteiger partial charge in [0.05, 0.1) is 13.2 Å². The van der Waals surface area contributed by atoms with E-state index >= 15 is 0 Å². The van der Waals surface area contributed by atoms with Gasteiger partial charge in [0.15, 0.2) is 0 Å². The van der Waals surface area contributed by atoms with Crippen molar-refractivity contribution in [1.82, 2.24) is 0 Å². The number of hydrogen-bond acceptors (Lipinski definition) is 4. The summed E-state index contributed by atoms with van der Waals surface area (Å²) in [4.78, 5) is 12.3. The SMILES string of the molecule is CCCCCCCCC/C=C\CCCCCCCCCCOCC(CO)OC(=O)CCCCCCCCCCCCCCCCCCCCCCCCC. The van der Waals surface area contributed by atoms with Gasteiger partial charge in [-0.3, -0.25) is 4.79 Å². The zero-order valence-corrected chi connectivity index (χ0v) is 37.0. The first-order valence-electron chi connectivity index (χ1n) is 24.8. The predicted octanol–water partition coefficient (Wildman–Crippen LogP) is 16.5. The van der Waals surface area contributed by atoms with Crippen LogP contribution < -0.4 is 0 Å². The molecular formula is C50H98O4. The highest BCUT2D eigenvalue weighted by molar-refractivity contribution is 5.69. The number of aliphatic hydroxyl groups excluding tert-OH is 1. The van der Waals surface area contributed by atoms with Gasteiger partial charge >= 0.3 is 5.97 Å². The van der Waals surface area contributed by atoms with Crippen LogP contribution in [0, 0.1) is 0 Å². The molecule has 1 unspecified atom stereocenters. The van der Waals surface area contributed by atoms with Gasteiger partial charge in [-0.1, -0.05) is 244 Å². The second-order valence-electron chi connectivity index (χ2n) is 16.9. The van der Waals surface area contributed by atoms with E-state index in [0.717, 1.165) is 19.3 Å². The van der Waals surface area contributed by atoms with Crippen molar-refractivity contribution in [2.24, 2.45) is 0 Å². The van der Waals surface area contributed by atoms with Crippen molar-refractivity contribution < 1.29 is 19.4 Å². The van der Waals surface area contributed by atoms with Crippen LogP contribution in [-0.4, -0.2) is 37.0 Å². The monoisotopic (exact) mass is 763 g/mol. The molecule has 0 rings (SSSR count). The number of allylic oxidation sites excluding steroid dienone is 2. The van der Waals surface area contributed by atoms with Crippen molar-refractivity contribution in [1.29, 1.82) is 0 Å². The van der Waals surface area contributed by atoms with Crippen molar-refractivity contribution in [2.45, 2.75) is 283 Å². The quantitative estimate of drug-likeness (QED) is 0.0381. The number of unbranched alkanes of at least 4 members (excludes halogenated alkanes) is 37. The van der Waals surface area contributed by atoms with Crippen LogP contribution in [-0.2, 0) is 14.3 Å². The van der Waals surface area contributed by atoms with Crippen molar-refractivity contribution in [3.63, 3.8) is 0 Å². The Hall–Kier alpha value is -0.870. The number of hydrogen-bond donors (Lipinski definition) is 1. The molecule has 4 nitrogen and oxygen atoms in total. The molecule has 0 aromatic carbocycles. The number of carbonyl (C=O) groups is 1. The lowest BCUT2D eigenvalue weighted by molar-refractivity contribution is -0.154. The maximum Gasteiger partial charge on any atom is 0.306 e. The third-order valence-electron chi connectivity index (χ3n) is 11.3. The highest BCUT2D eigenvalue weighted by atomic mass is 16.6. The van der Waals surface area contributed by atoms with E-state index in [1.165, 1.54) is 238 Å². The Labute approximate surface area is 339 Å². The second kappa shape index (κ2) is 48.3. The summed E-state index contributed by atoms with van der Waals surface area (Å²) in [6.45, 7) is 5.39. The van der Waals surface area contributed by atoms with Crippen LogP contribution in [0.15, 0.2) is 12.2 Å². The molecular weight excluding hydrogens is 665 g/mol. The maximum atomic E-state index is 12.3. The zero-order chi connectivity index (χ0) is 39.1. The average Bonchev–Trinajstić information content (AvgIpc) is 3.18. The Kier molecular flexibility index (Phi) is 47.5. The van der Waals surface area contributed by atoms with E-state index in [4.69, 9.17) is 9.47 Å². The van der Waals surface area contributed by atoms with E-state index in [2.05, 4.69) is 26.0 Å². The lowest BCUT2D eigenvalue weighted by Crippen LogP contribution is -2.27. The molecule has 0 saturated heterocycles. The van der Waals surface area contributed by atoms with Gasteiger partial charge in [-0.25, -0.2) is 0 Å². The molecule has 0 radical (unpaired) electrons. The third kappa shape index (κ3) is 45.5. The Morgan fingerprint density at radius 1 is 0.426 bits per heavy atom. The highest BCUT2D eigenvalue weighted by Crippen LogP contribution is 2.16. The van der Waals surface area contributed by atoms with Crippen LogP contribution >= 0.6 is 0 Å². The maximum absolute atomic E-state index is 12.3. The minimum atomic E-state index is -0.530. The molecule has 0 saturated carbocycles. The minimum Gasteiger partial charge on any atom is -0.457 e. The second-order valence-corrected chi connectivity index (χ2v) is 16.9. The summed E-state index contributed by atoms with van der Waals surface area (Å²) in [5.74, 6) is -0.194. The first-order valence-corrected chi connectivity index (χ1v) is 24.8. The average molecular weight is 763 g/mol. The molecule has 0 amide bonds. The fourth-order valence-corrected chi connectivity index (χ4v) is 7.62. The van der Waals surface area contributed by atoms with Crippen LogP contribution in [0.4, 0.5) is 0 Å². The van der Waals surface area contributed by atoms with Gasteiger partial charge in [-0.15, -0.1) is 0 Å². The molecule has 0 aromatic rings. The molecule has 0 aromatic heterocycles. The Morgan fingerprint density at radius 2 is 0.722 bits per heavy atom. The number of esters is 1. The molecule has 0 aliphatic carbocycles. The third-order valence-corrected chi connectivity index (χ3v) is 11.3. The molecule has 54 heavy (non-hydrogen) atoms. The molecule has 0 fully saturated rings. The minimum absolute atomic E-state index is 0.167. The number of carbonyl (C=O) groups excluding carboxylic acids is 1. The van der Waals surface area contributed by atoms with Crippen LogP contribution in [0.1, 0.15) is 277 Å². The van der Waals surface area contributed by atoms with Crippen LogP contribution in [0.5, 0.6) is 0 Å². The van der Waals surface area contributed by atoms with Crippen molar-refractivity contribution in [3.8, 4) is 0 Å². The van der Waals surface area contributed by atoms with Crippen LogP contribution in [0.2, 0.25) is 0 Å². The van der Waals surface area contributed by atoms with Gasteiger partial charge in [0.1, 0.15) is 6.10 Å². The van der Waals surface area contributed by atoms with E-state index in [9.17, 15) is 9.90 Å². The van der Waals surface area contributed by atoms with Crippen molar-refractivity contribution >= 4 is 5.97 Å². The van der Waals surface area contributed by atoms with E-state index in [1.54, 1.807) is 0 Å². The highest BCUT2D eigenvalue weighted by Gasteiger charge is 2.13. The predicted molar refractivity (Wildman–Crippen MR) is 238 cm³/mol. The topological polar surface area (TPSA) is 55.8 Å². The summed E-state index contributed by atoms with van der Waals surface area (Å²) in [7, 11) is 0. The van der Waals surface area contributed by atoms with Crippen molar-refractivity contribution in [2.75, 3.05) is 19.8 Å². The summed E-state index contributed by atoms with van der Waals surface area (Å²) in [5, 5.41) is 9.64. The molecule has 0 spiro atoms. The van der Waals surface area contributed by atoms with Crippen LogP contribution in [0.3, 0.4) is 0 Å². The van der Waals surface area contributed by atoms with Gasteiger partial charge in [0.25, 0.3) is 0 Å². The number of rotatable bonds is 47. The molecule has 0 heterocycles. The van der Waals surface area contributed by atoms with Gasteiger partial charge in [0.2, 0.25) is 0 Å². The Bertz CT molecular complexity index is 721. The number of ether oxygens (including phenoxy) is 2. The zero-order valence-electron chi connectivity index (χ0n) is 37.0. The first-order chi connectivity index (χ1) is 26.7. The molecule has 0 bridgehead atoms. The smallest absolute Gasteiger partial charge is 0.306 e. The Balaban J connectivity index is 3.35. The standard InChI is InChI=1S/C50H98O4/c1-3-5-7-9-11-13-15-17-19-21-23-24-25-26-27-29-31-33-35-37-39-41-43-45-50(52)54-49(47-51)48-53-46-44-42-40-38-36-34-32-30-28-22-20-18-16-14-12-10-8-6-4-2/h20,22,49,51H,3-19,21,23-48H2,1-2H3/b22-20-. The molecule has 322 valence electrons. The molecule has 4 heteroatoms. The van der Waals surface area contributed by atoms with Gasteiger partial charge in [-0.05, 0) is 38.5 Å². The fourth-order valence-electron chi connectivity index (χ4n) is 7.62. The van der Waals surface area contributed by atoms with Gasteiger partial charge in [-0.2, -0.15) is 0 Å². The Morgan fingerprint density at radius 3 is 1.06 bits per heavy atom. The summed E-state index contributed by atoms with van der Waals surface area (Å²) < 4.78 is 11.2. The van der Waals surface area contributed by atoms with E-state index in [-0.39, 0.29) is 12.6 Å². The van der Waals surface area contributed by atoms with E-state index in [1.807, 2.05) is 0 Å². The largest absolute Gasteiger partial charge is 0.457 e.